The van der Waals surface area contributed by atoms with Gasteiger partial charge in [-0.25, -0.2) is 13.8 Å². The number of carbonyl (C=O) groups excluding carboxylic acids is 1. The van der Waals surface area contributed by atoms with E-state index >= 15 is 0 Å². The van der Waals surface area contributed by atoms with Gasteiger partial charge in [0.2, 0.25) is 0 Å². The second kappa shape index (κ2) is 10.8. The number of sulfonamides is 1. The molecule has 0 saturated heterocycles. The fourth-order valence-corrected chi connectivity index (χ4v) is 4.65. The maximum absolute atomic E-state index is 13.4. The van der Waals surface area contributed by atoms with E-state index in [1.807, 2.05) is 0 Å². The molecule has 0 unspecified atom stereocenters. The second-order valence-corrected chi connectivity index (χ2v) is 9.33. The van der Waals surface area contributed by atoms with E-state index in [9.17, 15) is 26.4 Å². The minimum atomic E-state index is -4.83. The molecule has 0 saturated carbocycles. The zero-order chi connectivity index (χ0) is 25.6. The van der Waals surface area contributed by atoms with Crippen LogP contribution in [0.15, 0.2) is 82.8 Å². The number of nitrogens with zero attached hydrogens (tertiary/aromatic N) is 2. The zero-order valence-corrected chi connectivity index (χ0v) is 19.7. The van der Waals surface area contributed by atoms with Crippen molar-refractivity contribution in [2.45, 2.75) is 11.1 Å². The number of halogens is 4. The predicted octanol–water partition coefficient (Wildman–Crippen LogP) is 4.71. The van der Waals surface area contributed by atoms with Gasteiger partial charge in [-0.3, -0.25) is 9.10 Å². The van der Waals surface area contributed by atoms with Crippen molar-refractivity contribution in [2.75, 3.05) is 18.0 Å². The fourth-order valence-electron chi connectivity index (χ4n) is 2.99. The van der Waals surface area contributed by atoms with Gasteiger partial charge in [-0.1, -0.05) is 41.9 Å². The lowest BCUT2D eigenvalue weighted by Crippen LogP contribution is -2.39. The predicted molar refractivity (Wildman–Crippen MR) is 126 cm³/mol. The maximum Gasteiger partial charge on any atom is 0.417 e. The smallest absolute Gasteiger partial charge is 0.417 e. The number of methoxy groups -OCH3 is 1. The molecule has 0 fully saturated rings. The van der Waals surface area contributed by atoms with Crippen molar-refractivity contribution in [1.29, 1.82) is 0 Å². The molecule has 0 bridgehead atoms. The third kappa shape index (κ3) is 6.52. The number of carbonyl (C=O) groups is 1. The molecule has 1 amide bonds. The molecule has 0 aliphatic carbocycles. The van der Waals surface area contributed by atoms with Gasteiger partial charge in [0.1, 0.15) is 12.3 Å². The van der Waals surface area contributed by atoms with Gasteiger partial charge < -0.3 is 4.74 Å². The van der Waals surface area contributed by atoms with Crippen molar-refractivity contribution in [3.05, 3.63) is 88.9 Å². The third-order valence-corrected chi connectivity index (χ3v) is 6.78. The lowest BCUT2D eigenvalue weighted by Gasteiger charge is -2.24. The molecule has 0 atom stereocenters. The van der Waals surface area contributed by atoms with Crippen molar-refractivity contribution in [2.24, 2.45) is 5.10 Å². The Morgan fingerprint density at radius 2 is 1.80 bits per heavy atom. The van der Waals surface area contributed by atoms with Crippen LogP contribution in [0.1, 0.15) is 11.1 Å². The largest absolute Gasteiger partial charge is 0.497 e. The van der Waals surface area contributed by atoms with Gasteiger partial charge in [-0.15, -0.1) is 0 Å². The summed E-state index contributed by atoms with van der Waals surface area (Å²) in [4.78, 5) is 12.4. The number of rotatable bonds is 8. The highest BCUT2D eigenvalue weighted by atomic mass is 35.5. The molecule has 7 nitrogen and oxygen atoms in total. The molecule has 0 aromatic heterocycles. The topological polar surface area (TPSA) is 88.1 Å². The number of nitrogens with one attached hydrogen (secondary N) is 1. The highest BCUT2D eigenvalue weighted by Crippen LogP contribution is 2.38. The second-order valence-electron chi connectivity index (χ2n) is 7.06. The van der Waals surface area contributed by atoms with Crippen LogP contribution >= 0.6 is 11.6 Å². The summed E-state index contributed by atoms with van der Waals surface area (Å²) in [6.45, 7) is -0.842. The van der Waals surface area contributed by atoms with E-state index in [2.05, 4.69) is 10.5 Å². The van der Waals surface area contributed by atoms with E-state index in [-0.39, 0.29) is 4.90 Å². The number of anilines is 1. The number of ether oxygens (including phenoxy) is 1. The molecule has 0 heterocycles. The molecule has 184 valence electrons. The van der Waals surface area contributed by atoms with Crippen LogP contribution in [0.25, 0.3) is 0 Å². The summed E-state index contributed by atoms with van der Waals surface area (Å²) >= 11 is 5.68. The maximum atomic E-state index is 13.4. The van der Waals surface area contributed by atoms with Gasteiger partial charge in [0, 0.05) is 0 Å². The van der Waals surface area contributed by atoms with Crippen LogP contribution in [0.2, 0.25) is 5.02 Å². The van der Waals surface area contributed by atoms with Crippen LogP contribution in [0.3, 0.4) is 0 Å². The first-order valence-corrected chi connectivity index (χ1v) is 11.7. The summed E-state index contributed by atoms with van der Waals surface area (Å²) < 4.78 is 72.4. The summed E-state index contributed by atoms with van der Waals surface area (Å²) in [5.74, 6) is -0.323. The lowest BCUT2D eigenvalue weighted by molar-refractivity contribution is -0.137. The average molecular weight is 526 g/mol. The SMILES string of the molecule is COc1cccc(/C=N/NC(=O)CN(c2ccc(Cl)c(C(F)(F)F)c2)S(=O)(=O)c2ccccc2)c1. The van der Waals surface area contributed by atoms with Crippen LogP contribution in [-0.2, 0) is 21.0 Å². The zero-order valence-electron chi connectivity index (χ0n) is 18.2. The number of benzene rings is 3. The quantitative estimate of drug-likeness (QED) is 0.341. The first-order valence-electron chi connectivity index (χ1n) is 9.93. The molecular formula is C23H19ClF3N3O4S. The first kappa shape index (κ1) is 26.0. The van der Waals surface area contributed by atoms with E-state index < -0.39 is 44.9 Å². The molecule has 12 heteroatoms. The normalized spacial score (nSPS) is 11.9. The van der Waals surface area contributed by atoms with Gasteiger partial charge in [-0.2, -0.15) is 18.3 Å². The molecule has 1 N–H and O–H groups in total. The summed E-state index contributed by atoms with van der Waals surface area (Å²) in [5, 5.41) is 3.18. The first-order chi connectivity index (χ1) is 16.5. The van der Waals surface area contributed by atoms with Crippen molar-refractivity contribution in [3.8, 4) is 5.75 Å². The number of hydrazone groups is 1. The van der Waals surface area contributed by atoms with Gasteiger partial charge >= 0.3 is 6.18 Å². The molecule has 35 heavy (non-hydrogen) atoms. The fraction of sp³-hybridized carbons (Fsp3) is 0.130. The monoisotopic (exact) mass is 525 g/mol. The highest BCUT2D eigenvalue weighted by Gasteiger charge is 2.35. The number of alkyl halides is 3. The lowest BCUT2D eigenvalue weighted by atomic mass is 10.2. The molecule has 0 spiro atoms. The third-order valence-electron chi connectivity index (χ3n) is 4.66. The van der Waals surface area contributed by atoms with Crippen molar-refractivity contribution in [1.82, 2.24) is 5.43 Å². The van der Waals surface area contributed by atoms with Crippen LogP contribution in [0.4, 0.5) is 18.9 Å². The molecular weight excluding hydrogens is 507 g/mol. The molecule has 0 aliphatic heterocycles. The van der Waals surface area contributed by atoms with Crippen molar-refractivity contribution < 1.29 is 31.1 Å². The minimum absolute atomic E-state index is 0.212. The molecule has 3 aromatic rings. The molecule has 0 radical (unpaired) electrons. The average Bonchev–Trinajstić information content (AvgIpc) is 2.83. The van der Waals surface area contributed by atoms with Gasteiger partial charge in [0.05, 0.1) is 34.5 Å². The Kier molecular flexibility index (Phi) is 8.03. The minimum Gasteiger partial charge on any atom is -0.497 e. The number of hydrogen-bond acceptors (Lipinski definition) is 5. The summed E-state index contributed by atoms with van der Waals surface area (Å²) in [7, 11) is -2.93. The van der Waals surface area contributed by atoms with E-state index in [0.29, 0.717) is 21.7 Å². The standard InChI is InChI=1S/C23H19ClF3N3O4S/c1-34-18-7-5-6-16(12-18)14-28-29-22(31)15-30(35(32,33)19-8-3-2-4-9-19)17-10-11-21(24)20(13-17)23(25,26)27/h2-14H,15H2,1H3,(H,29,31)/b28-14+. The summed E-state index contributed by atoms with van der Waals surface area (Å²) in [6, 6.07) is 16.4. The van der Waals surface area contributed by atoms with Crippen LogP contribution < -0.4 is 14.5 Å². The number of hydrogen-bond donors (Lipinski definition) is 1. The summed E-state index contributed by atoms with van der Waals surface area (Å²) in [5.41, 5.74) is 1.15. The number of amides is 1. The Morgan fingerprint density at radius 3 is 2.46 bits per heavy atom. The Hall–Kier alpha value is -3.57. The van der Waals surface area contributed by atoms with Crippen LogP contribution in [0.5, 0.6) is 5.75 Å². The highest BCUT2D eigenvalue weighted by molar-refractivity contribution is 7.92. The Morgan fingerprint density at radius 1 is 1.09 bits per heavy atom. The van der Waals surface area contributed by atoms with Crippen molar-refractivity contribution >= 4 is 39.4 Å². The Balaban J connectivity index is 1.92. The Labute approximate surface area is 204 Å². The molecule has 3 aromatic carbocycles. The molecule has 3 rings (SSSR count). The van der Waals surface area contributed by atoms with Gasteiger partial charge in [0.15, 0.2) is 0 Å². The van der Waals surface area contributed by atoms with Crippen LogP contribution in [-0.4, -0.2) is 34.2 Å². The Bertz CT molecular complexity index is 1330. The summed E-state index contributed by atoms with van der Waals surface area (Å²) in [6.07, 6.45) is -3.53. The van der Waals surface area contributed by atoms with Crippen molar-refractivity contribution in [3.63, 3.8) is 0 Å². The van der Waals surface area contributed by atoms with E-state index in [1.165, 1.54) is 37.6 Å². The van der Waals surface area contributed by atoms with Gasteiger partial charge in [-0.05, 0) is 48.0 Å². The molecule has 0 aliphatic rings. The van der Waals surface area contributed by atoms with E-state index in [4.69, 9.17) is 16.3 Å². The van der Waals surface area contributed by atoms with Crippen LogP contribution in [0, 0.1) is 0 Å². The van der Waals surface area contributed by atoms with E-state index in [1.54, 1.807) is 30.3 Å². The van der Waals surface area contributed by atoms with E-state index in [0.717, 1.165) is 12.1 Å². The van der Waals surface area contributed by atoms with Gasteiger partial charge in [0.25, 0.3) is 15.9 Å².